The van der Waals surface area contributed by atoms with Gasteiger partial charge in [-0.3, -0.25) is 4.79 Å². The number of amides is 1. The normalized spacial score (nSPS) is 28.9. The van der Waals surface area contributed by atoms with E-state index < -0.39 is 9.84 Å². The van der Waals surface area contributed by atoms with Crippen LogP contribution in [0.4, 0.5) is 0 Å². The van der Waals surface area contributed by atoms with Crippen molar-refractivity contribution in [1.82, 2.24) is 5.32 Å². The Morgan fingerprint density at radius 1 is 1.47 bits per heavy atom. The highest BCUT2D eigenvalue weighted by molar-refractivity contribution is 8.01. The molecule has 1 aliphatic heterocycles. The fraction of sp³-hybridized carbons (Fsp3) is 0.889. The van der Waals surface area contributed by atoms with E-state index in [9.17, 15) is 13.2 Å². The Morgan fingerprint density at radius 3 is 2.80 bits per heavy atom. The van der Waals surface area contributed by atoms with Crippen molar-refractivity contribution in [2.75, 3.05) is 17.3 Å². The molecule has 0 saturated carbocycles. The van der Waals surface area contributed by atoms with Crippen LogP contribution in [0.2, 0.25) is 0 Å². The Morgan fingerprint density at radius 2 is 2.20 bits per heavy atom. The molecule has 1 amide bonds. The van der Waals surface area contributed by atoms with Crippen LogP contribution in [-0.2, 0) is 14.6 Å². The molecule has 1 rings (SSSR count). The van der Waals surface area contributed by atoms with E-state index in [0.29, 0.717) is 6.41 Å². The van der Waals surface area contributed by atoms with Crippen molar-refractivity contribution in [2.24, 2.45) is 0 Å². The number of nitrogens with one attached hydrogen (secondary N) is 1. The average Bonchev–Trinajstić information content (AvgIpc) is 2.42. The molecule has 1 heterocycles. The van der Waals surface area contributed by atoms with Gasteiger partial charge in [0, 0.05) is 5.25 Å². The number of carbonyl (C=O) groups is 1. The third-order valence-electron chi connectivity index (χ3n) is 2.41. The van der Waals surface area contributed by atoms with Gasteiger partial charge in [0.25, 0.3) is 0 Å². The zero-order valence-corrected chi connectivity index (χ0v) is 10.4. The second kappa shape index (κ2) is 5.75. The van der Waals surface area contributed by atoms with Gasteiger partial charge in [-0.1, -0.05) is 13.3 Å². The van der Waals surface area contributed by atoms with E-state index in [1.54, 1.807) is 11.8 Å². The number of unbranched alkanes of at least 4 members (excludes halogenated alkanes) is 1. The van der Waals surface area contributed by atoms with Gasteiger partial charge in [0.05, 0.1) is 17.5 Å². The first-order valence-electron chi connectivity index (χ1n) is 5.11. The van der Waals surface area contributed by atoms with Crippen molar-refractivity contribution >= 4 is 28.0 Å². The molecule has 88 valence electrons. The minimum absolute atomic E-state index is 0.0340. The summed E-state index contributed by atoms with van der Waals surface area (Å²) in [5.41, 5.74) is 0. The van der Waals surface area contributed by atoms with Gasteiger partial charge < -0.3 is 5.32 Å². The van der Waals surface area contributed by atoms with Gasteiger partial charge in [0.15, 0.2) is 9.84 Å². The molecule has 1 saturated heterocycles. The lowest BCUT2D eigenvalue weighted by Gasteiger charge is -2.16. The Labute approximate surface area is 95.1 Å². The van der Waals surface area contributed by atoms with Crippen LogP contribution < -0.4 is 5.32 Å². The second-order valence-corrected chi connectivity index (χ2v) is 7.23. The summed E-state index contributed by atoms with van der Waals surface area (Å²) in [4.78, 5) is 10.3. The number of hydrogen-bond donors (Lipinski definition) is 1. The van der Waals surface area contributed by atoms with E-state index in [0.717, 1.165) is 18.6 Å². The van der Waals surface area contributed by atoms with E-state index in [1.807, 2.05) is 0 Å². The van der Waals surface area contributed by atoms with Crippen LogP contribution in [0.5, 0.6) is 0 Å². The lowest BCUT2D eigenvalue weighted by molar-refractivity contribution is -0.110. The van der Waals surface area contributed by atoms with Crippen LogP contribution in [0.1, 0.15) is 19.8 Å². The Bertz CT molecular complexity index is 302. The maximum atomic E-state index is 11.4. The summed E-state index contributed by atoms with van der Waals surface area (Å²) < 4.78 is 22.8. The molecule has 15 heavy (non-hydrogen) atoms. The second-order valence-electron chi connectivity index (χ2n) is 3.73. The molecular weight excluding hydrogens is 234 g/mol. The van der Waals surface area contributed by atoms with Crippen molar-refractivity contribution < 1.29 is 13.2 Å². The van der Waals surface area contributed by atoms with Gasteiger partial charge in [-0.05, 0) is 12.2 Å². The molecule has 0 unspecified atom stereocenters. The zero-order valence-electron chi connectivity index (χ0n) is 8.81. The SMILES string of the molecule is CCCCS[C@@H]1CS(=O)(=O)C[C@@H]1NC=O. The summed E-state index contributed by atoms with van der Waals surface area (Å²) in [7, 11) is -2.95. The highest BCUT2D eigenvalue weighted by Gasteiger charge is 2.37. The Kier molecular flexibility index (Phi) is 4.92. The first-order valence-corrected chi connectivity index (χ1v) is 7.98. The number of carbonyl (C=O) groups excluding carboxylic acids is 1. The molecule has 0 radical (unpaired) electrons. The van der Waals surface area contributed by atoms with Gasteiger partial charge in [-0.25, -0.2) is 8.42 Å². The average molecular weight is 251 g/mol. The summed E-state index contributed by atoms with van der Waals surface area (Å²) in [6, 6.07) is -0.200. The van der Waals surface area contributed by atoms with Gasteiger partial charge in [0.2, 0.25) is 6.41 Å². The summed E-state index contributed by atoms with van der Waals surface area (Å²) in [5, 5.41) is 2.63. The first-order chi connectivity index (χ1) is 7.09. The van der Waals surface area contributed by atoms with Crippen LogP contribution in [0, 0.1) is 0 Å². The van der Waals surface area contributed by atoms with Crippen molar-refractivity contribution in [2.45, 2.75) is 31.1 Å². The van der Waals surface area contributed by atoms with Crippen molar-refractivity contribution in [3.05, 3.63) is 0 Å². The molecule has 0 aromatic heterocycles. The summed E-state index contributed by atoms with van der Waals surface area (Å²) in [5.74, 6) is 1.26. The molecule has 0 aromatic carbocycles. The maximum Gasteiger partial charge on any atom is 0.207 e. The topological polar surface area (TPSA) is 63.2 Å². The molecule has 6 heteroatoms. The van der Waals surface area contributed by atoms with Crippen molar-refractivity contribution in [3.63, 3.8) is 0 Å². The van der Waals surface area contributed by atoms with Crippen molar-refractivity contribution in [1.29, 1.82) is 0 Å². The fourth-order valence-electron chi connectivity index (χ4n) is 1.60. The third-order valence-corrected chi connectivity index (χ3v) is 5.81. The highest BCUT2D eigenvalue weighted by atomic mass is 32.2. The van der Waals surface area contributed by atoms with Crippen LogP contribution in [0.25, 0.3) is 0 Å². The number of thioether (sulfide) groups is 1. The monoisotopic (exact) mass is 251 g/mol. The predicted molar refractivity (Wildman–Crippen MR) is 62.8 cm³/mol. The number of hydrogen-bond acceptors (Lipinski definition) is 4. The molecule has 0 spiro atoms. The molecule has 2 atom stereocenters. The van der Waals surface area contributed by atoms with Gasteiger partial charge >= 0.3 is 0 Å². The molecule has 0 aliphatic carbocycles. The minimum Gasteiger partial charge on any atom is -0.354 e. The molecule has 4 nitrogen and oxygen atoms in total. The molecule has 1 N–H and O–H groups in total. The standard InChI is InChI=1S/C9H17NO3S2/c1-2-3-4-14-9-6-15(12,13)5-8(9)10-7-11/h7-9H,2-6H2,1H3,(H,10,11)/t8-,9+/m0/s1. The van der Waals surface area contributed by atoms with Crippen LogP contribution in [-0.4, -0.2) is 43.4 Å². The van der Waals surface area contributed by atoms with Crippen molar-refractivity contribution in [3.8, 4) is 0 Å². The first kappa shape index (κ1) is 12.8. The molecule has 1 aliphatic rings. The Hall–Kier alpha value is -0.230. The quantitative estimate of drug-likeness (QED) is 0.549. The van der Waals surface area contributed by atoms with Crippen LogP contribution >= 0.6 is 11.8 Å². The maximum absolute atomic E-state index is 11.4. The number of sulfone groups is 1. The lowest BCUT2D eigenvalue weighted by atomic mass is 10.3. The summed E-state index contributed by atoms with van der Waals surface area (Å²) >= 11 is 1.66. The molecule has 0 aromatic rings. The van der Waals surface area contributed by atoms with Gasteiger partial charge in [0.1, 0.15) is 0 Å². The largest absolute Gasteiger partial charge is 0.354 e. The minimum atomic E-state index is -2.95. The van der Waals surface area contributed by atoms with E-state index in [-0.39, 0.29) is 22.8 Å². The number of rotatable bonds is 6. The summed E-state index contributed by atoms with van der Waals surface area (Å²) in [6.07, 6.45) is 2.80. The highest BCUT2D eigenvalue weighted by Crippen LogP contribution is 2.25. The van der Waals surface area contributed by atoms with Gasteiger partial charge in [-0.15, -0.1) is 0 Å². The third kappa shape index (κ3) is 4.03. The molecular formula is C9H17NO3S2. The van der Waals surface area contributed by atoms with E-state index >= 15 is 0 Å². The molecule has 1 fully saturated rings. The van der Waals surface area contributed by atoms with E-state index in [1.165, 1.54) is 0 Å². The predicted octanol–water partition coefficient (Wildman–Crippen LogP) is 0.431. The van der Waals surface area contributed by atoms with Crippen LogP contribution in [0.3, 0.4) is 0 Å². The Balaban J connectivity index is 2.49. The zero-order chi connectivity index (χ0) is 11.3. The van der Waals surface area contributed by atoms with E-state index in [4.69, 9.17) is 0 Å². The van der Waals surface area contributed by atoms with E-state index in [2.05, 4.69) is 12.2 Å². The fourth-order valence-corrected chi connectivity index (χ4v) is 5.64. The smallest absolute Gasteiger partial charge is 0.207 e. The summed E-state index contributed by atoms with van der Waals surface area (Å²) in [6.45, 7) is 2.10. The van der Waals surface area contributed by atoms with Gasteiger partial charge in [-0.2, -0.15) is 11.8 Å². The lowest BCUT2D eigenvalue weighted by Crippen LogP contribution is -2.36. The molecule has 0 bridgehead atoms. The van der Waals surface area contributed by atoms with Crippen LogP contribution in [0.15, 0.2) is 0 Å².